The fraction of sp³-hybridized carbons (Fsp3) is 0.381. The maximum Gasteiger partial charge on any atom is 0.262 e. The van der Waals surface area contributed by atoms with Crippen molar-refractivity contribution in [3.05, 3.63) is 59.7 Å². The molecule has 4 nitrogen and oxygen atoms in total. The van der Waals surface area contributed by atoms with Crippen molar-refractivity contribution in [2.45, 2.75) is 31.8 Å². The number of amides is 1. The Balaban J connectivity index is 1.56. The van der Waals surface area contributed by atoms with Gasteiger partial charge in [-0.3, -0.25) is 4.79 Å². The number of hydrogen-bond donors (Lipinski definition) is 0. The Kier molecular flexibility index (Phi) is 4.70. The van der Waals surface area contributed by atoms with Crippen molar-refractivity contribution in [3.8, 4) is 5.75 Å². The SMILES string of the molecule is O=C(c1ccccc1OC[C@@H]1CCCO1)N1CCCc2ccccc21. The number of rotatable bonds is 4. The fourth-order valence-corrected chi connectivity index (χ4v) is 3.62. The Morgan fingerprint density at radius 3 is 2.84 bits per heavy atom. The minimum absolute atomic E-state index is 0.00934. The van der Waals surface area contributed by atoms with E-state index >= 15 is 0 Å². The molecule has 1 amide bonds. The molecule has 0 radical (unpaired) electrons. The van der Waals surface area contributed by atoms with Crippen molar-refractivity contribution >= 4 is 11.6 Å². The lowest BCUT2D eigenvalue weighted by Crippen LogP contribution is -2.35. The maximum absolute atomic E-state index is 13.2. The lowest BCUT2D eigenvalue weighted by Gasteiger charge is -2.30. The van der Waals surface area contributed by atoms with Gasteiger partial charge in [0.25, 0.3) is 5.91 Å². The quantitative estimate of drug-likeness (QED) is 0.851. The number of benzene rings is 2. The third-order valence-corrected chi connectivity index (χ3v) is 4.92. The van der Waals surface area contributed by atoms with Crippen LogP contribution in [-0.4, -0.2) is 31.8 Å². The largest absolute Gasteiger partial charge is 0.490 e. The molecule has 0 saturated carbocycles. The Hall–Kier alpha value is -2.33. The lowest BCUT2D eigenvalue weighted by molar-refractivity contribution is 0.0672. The molecule has 0 spiro atoms. The average Bonchev–Trinajstić information content (AvgIpc) is 3.19. The summed E-state index contributed by atoms with van der Waals surface area (Å²) in [4.78, 5) is 15.1. The van der Waals surface area contributed by atoms with Gasteiger partial charge in [-0.25, -0.2) is 0 Å². The van der Waals surface area contributed by atoms with Gasteiger partial charge >= 0.3 is 0 Å². The molecule has 1 fully saturated rings. The monoisotopic (exact) mass is 337 g/mol. The molecule has 1 saturated heterocycles. The zero-order chi connectivity index (χ0) is 17.1. The first-order valence-electron chi connectivity index (χ1n) is 9.06. The van der Waals surface area contributed by atoms with Gasteiger partial charge in [0.2, 0.25) is 0 Å². The molecule has 0 N–H and O–H groups in total. The second kappa shape index (κ2) is 7.28. The van der Waals surface area contributed by atoms with Gasteiger partial charge in [0.1, 0.15) is 12.4 Å². The van der Waals surface area contributed by atoms with Gasteiger partial charge < -0.3 is 14.4 Å². The predicted octanol–water partition coefficient (Wildman–Crippen LogP) is 3.84. The molecular weight excluding hydrogens is 314 g/mol. The van der Waals surface area contributed by atoms with E-state index in [0.717, 1.165) is 44.5 Å². The molecule has 4 rings (SSSR count). The highest BCUT2D eigenvalue weighted by molar-refractivity contribution is 6.08. The third-order valence-electron chi connectivity index (χ3n) is 4.92. The fourth-order valence-electron chi connectivity index (χ4n) is 3.62. The number of para-hydroxylation sites is 2. The van der Waals surface area contributed by atoms with Gasteiger partial charge in [-0.2, -0.15) is 0 Å². The first-order valence-corrected chi connectivity index (χ1v) is 9.06. The van der Waals surface area contributed by atoms with Crippen LogP contribution in [0.3, 0.4) is 0 Å². The summed E-state index contributed by atoms with van der Waals surface area (Å²) >= 11 is 0. The zero-order valence-corrected chi connectivity index (χ0v) is 14.3. The Labute approximate surface area is 148 Å². The van der Waals surface area contributed by atoms with E-state index in [2.05, 4.69) is 6.07 Å². The van der Waals surface area contributed by atoms with E-state index in [9.17, 15) is 4.79 Å². The molecule has 0 bridgehead atoms. The van der Waals surface area contributed by atoms with Crippen molar-refractivity contribution in [3.63, 3.8) is 0 Å². The molecule has 4 heteroatoms. The first kappa shape index (κ1) is 16.2. The van der Waals surface area contributed by atoms with Gasteiger partial charge in [0.15, 0.2) is 0 Å². The highest BCUT2D eigenvalue weighted by Gasteiger charge is 2.26. The van der Waals surface area contributed by atoms with Gasteiger partial charge in [0, 0.05) is 18.8 Å². The van der Waals surface area contributed by atoms with E-state index in [-0.39, 0.29) is 12.0 Å². The number of carbonyl (C=O) groups is 1. The molecule has 130 valence electrons. The average molecular weight is 337 g/mol. The Bertz CT molecular complexity index is 752. The van der Waals surface area contributed by atoms with E-state index in [1.165, 1.54) is 5.56 Å². The zero-order valence-electron chi connectivity index (χ0n) is 14.3. The summed E-state index contributed by atoms with van der Waals surface area (Å²) in [6.07, 6.45) is 4.26. The second-order valence-electron chi connectivity index (χ2n) is 6.63. The molecule has 1 atom stereocenters. The Morgan fingerprint density at radius 2 is 1.96 bits per heavy atom. The van der Waals surface area contributed by atoms with Crippen LogP contribution in [0.1, 0.15) is 35.2 Å². The van der Waals surface area contributed by atoms with Crippen LogP contribution in [0.25, 0.3) is 0 Å². The molecule has 0 unspecified atom stereocenters. The van der Waals surface area contributed by atoms with Gasteiger partial charge in [-0.15, -0.1) is 0 Å². The summed E-state index contributed by atoms with van der Waals surface area (Å²) in [5.41, 5.74) is 2.88. The van der Waals surface area contributed by atoms with Crippen LogP contribution in [0.4, 0.5) is 5.69 Å². The minimum Gasteiger partial charge on any atom is -0.490 e. The minimum atomic E-state index is 0.00934. The number of anilines is 1. The van der Waals surface area contributed by atoms with Crippen LogP contribution < -0.4 is 9.64 Å². The molecule has 2 aromatic rings. The number of nitrogens with zero attached hydrogens (tertiary/aromatic N) is 1. The van der Waals surface area contributed by atoms with E-state index < -0.39 is 0 Å². The number of fused-ring (bicyclic) bond motifs is 1. The number of aryl methyl sites for hydroxylation is 1. The van der Waals surface area contributed by atoms with Crippen molar-refractivity contribution in [2.75, 3.05) is 24.7 Å². The van der Waals surface area contributed by atoms with Crippen LogP contribution in [-0.2, 0) is 11.2 Å². The number of carbonyl (C=O) groups excluding carboxylic acids is 1. The van der Waals surface area contributed by atoms with E-state index in [1.54, 1.807) is 0 Å². The van der Waals surface area contributed by atoms with Gasteiger partial charge in [-0.05, 0) is 49.4 Å². The lowest BCUT2D eigenvalue weighted by atomic mass is 10.0. The molecule has 2 heterocycles. The molecular formula is C21H23NO3. The van der Waals surface area contributed by atoms with Crippen LogP contribution in [0.2, 0.25) is 0 Å². The summed E-state index contributed by atoms with van der Waals surface area (Å²) in [6.45, 7) is 2.05. The standard InChI is InChI=1S/C21H23NO3/c23-21(22-13-5-8-16-7-1-3-11-19(16)22)18-10-2-4-12-20(18)25-15-17-9-6-14-24-17/h1-4,7,10-12,17H,5-6,8-9,13-15H2/t17-/m0/s1. The number of hydrogen-bond acceptors (Lipinski definition) is 3. The van der Waals surface area contributed by atoms with Crippen LogP contribution in [0, 0.1) is 0 Å². The third kappa shape index (κ3) is 3.40. The first-order chi connectivity index (χ1) is 12.3. The van der Waals surface area contributed by atoms with E-state index in [1.807, 2.05) is 47.4 Å². The number of ether oxygens (including phenoxy) is 2. The normalized spacial score (nSPS) is 19.5. The summed E-state index contributed by atoms with van der Waals surface area (Å²) < 4.78 is 11.6. The molecule has 2 aliphatic heterocycles. The molecule has 2 aliphatic rings. The van der Waals surface area contributed by atoms with Crippen molar-refractivity contribution in [2.24, 2.45) is 0 Å². The van der Waals surface area contributed by atoms with Crippen molar-refractivity contribution in [1.82, 2.24) is 0 Å². The second-order valence-corrected chi connectivity index (χ2v) is 6.63. The van der Waals surface area contributed by atoms with Crippen LogP contribution >= 0.6 is 0 Å². The van der Waals surface area contributed by atoms with E-state index in [4.69, 9.17) is 9.47 Å². The molecule has 25 heavy (non-hydrogen) atoms. The topological polar surface area (TPSA) is 38.8 Å². The maximum atomic E-state index is 13.2. The van der Waals surface area contributed by atoms with Crippen molar-refractivity contribution < 1.29 is 14.3 Å². The Morgan fingerprint density at radius 1 is 1.12 bits per heavy atom. The molecule has 0 aromatic heterocycles. The van der Waals surface area contributed by atoms with Crippen LogP contribution in [0.15, 0.2) is 48.5 Å². The summed E-state index contributed by atoms with van der Waals surface area (Å²) in [7, 11) is 0. The summed E-state index contributed by atoms with van der Waals surface area (Å²) in [6, 6.07) is 15.7. The highest BCUT2D eigenvalue weighted by Crippen LogP contribution is 2.30. The van der Waals surface area contributed by atoms with Crippen molar-refractivity contribution in [1.29, 1.82) is 0 Å². The summed E-state index contributed by atoms with van der Waals surface area (Å²) in [5, 5.41) is 0. The van der Waals surface area contributed by atoms with Gasteiger partial charge in [0.05, 0.1) is 11.7 Å². The van der Waals surface area contributed by atoms with Gasteiger partial charge in [-0.1, -0.05) is 30.3 Å². The predicted molar refractivity (Wildman–Crippen MR) is 97.4 cm³/mol. The van der Waals surface area contributed by atoms with Crippen LogP contribution in [0.5, 0.6) is 5.75 Å². The molecule has 0 aliphatic carbocycles. The summed E-state index contributed by atoms with van der Waals surface area (Å²) in [5.74, 6) is 0.654. The molecule has 2 aromatic carbocycles. The smallest absolute Gasteiger partial charge is 0.262 e. The van der Waals surface area contributed by atoms with E-state index in [0.29, 0.717) is 17.9 Å². The highest BCUT2D eigenvalue weighted by atomic mass is 16.5.